The lowest BCUT2D eigenvalue weighted by Crippen LogP contribution is -2.24. The second-order valence-corrected chi connectivity index (χ2v) is 4.46. The van der Waals surface area contributed by atoms with Crippen LogP contribution in [-0.4, -0.2) is 29.3 Å². The van der Waals surface area contributed by atoms with Crippen LogP contribution in [0.5, 0.6) is 0 Å². The van der Waals surface area contributed by atoms with Gasteiger partial charge in [-0.3, -0.25) is 0 Å². The minimum absolute atomic E-state index is 0.218. The molecular formula is C10H15NO3S. The van der Waals surface area contributed by atoms with Crippen molar-refractivity contribution in [3.63, 3.8) is 0 Å². The van der Waals surface area contributed by atoms with Crippen molar-refractivity contribution in [3.8, 4) is 0 Å². The minimum atomic E-state index is -1.11. The van der Waals surface area contributed by atoms with E-state index in [0.29, 0.717) is 5.92 Å². The average molecular weight is 229 g/mol. The molecule has 1 aromatic rings. The first kappa shape index (κ1) is 12.1. The molecule has 1 rings (SSSR count). The number of aliphatic hydroxyl groups is 1. The van der Waals surface area contributed by atoms with Crippen molar-refractivity contribution in [2.75, 3.05) is 7.11 Å². The standard InChI is InChI=1S/C10H15NO3S/c1-6(2)9-11-7(5-15-9)4-8(12)10(13)14-3/h5-6,8,12H,4H2,1-3H3. The van der Waals surface area contributed by atoms with Crippen LogP contribution in [0, 0.1) is 0 Å². The van der Waals surface area contributed by atoms with Gasteiger partial charge in [-0.05, 0) is 0 Å². The highest BCUT2D eigenvalue weighted by molar-refractivity contribution is 7.09. The van der Waals surface area contributed by atoms with Crippen LogP contribution in [0.25, 0.3) is 0 Å². The van der Waals surface area contributed by atoms with Crippen molar-refractivity contribution in [2.45, 2.75) is 32.3 Å². The zero-order chi connectivity index (χ0) is 11.4. The highest BCUT2D eigenvalue weighted by Crippen LogP contribution is 2.19. The Labute approximate surface area is 92.9 Å². The number of aromatic nitrogens is 1. The molecule has 0 saturated heterocycles. The summed E-state index contributed by atoms with van der Waals surface area (Å²) >= 11 is 1.54. The van der Waals surface area contributed by atoms with Gasteiger partial charge in [-0.15, -0.1) is 11.3 Å². The molecule has 0 bridgehead atoms. The molecule has 0 amide bonds. The van der Waals surface area contributed by atoms with Crippen molar-refractivity contribution in [1.82, 2.24) is 4.98 Å². The van der Waals surface area contributed by atoms with Gasteiger partial charge in [0.2, 0.25) is 0 Å². The molecule has 0 aromatic carbocycles. The fourth-order valence-electron chi connectivity index (χ4n) is 1.10. The second-order valence-electron chi connectivity index (χ2n) is 3.57. The number of rotatable bonds is 4. The van der Waals surface area contributed by atoms with E-state index < -0.39 is 12.1 Å². The Balaban J connectivity index is 2.61. The third-order valence-corrected chi connectivity index (χ3v) is 3.13. The molecule has 1 unspecified atom stereocenters. The molecule has 0 aliphatic rings. The van der Waals surface area contributed by atoms with Crippen LogP contribution in [0.1, 0.15) is 30.5 Å². The van der Waals surface area contributed by atoms with Gasteiger partial charge in [0.15, 0.2) is 6.10 Å². The quantitative estimate of drug-likeness (QED) is 0.792. The van der Waals surface area contributed by atoms with Gasteiger partial charge in [0.05, 0.1) is 17.8 Å². The summed E-state index contributed by atoms with van der Waals surface area (Å²) in [5.41, 5.74) is 0.738. The molecule has 1 atom stereocenters. The molecule has 0 radical (unpaired) electrons. The Bertz CT molecular complexity index is 335. The van der Waals surface area contributed by atoms with E-state index in [2.05, 4.69) is 23.6 Å². The van der Waals surface area contributed by atoms with Crippen molar-refractivity contribution in [2.24, 2.45) is 0 Å². The predicted molar refractivity (Wildman–Crippen MR) is 57.9 cm³/mol. The van der Waals surface area contributed by atoms with Crippen LogP contribution < -0.4 is 0 Å². The van der Waals surface area contributed by atoms with E-state index in [1.165, 1.54) is 7.11 Å². The Hall–Kier alpha value is -0.940. The van der Waals surface area contributed by atoms with Crippen LogP contribution in [0.3, 0.4) is 0 Å². The van der Waals surface area contributed by atoms with Crippen LogP contribution in [0.2, 0.25) is 0 Å². The number of hydrogen-bond acceptors (Lipinski definition) is 5. The van der Waals surface area contributed by atoms with Crippen LogP contribution in [0.15, 0.2) is 5.38 Å². The topological polar surface area (TPSA) is 59.4 Å². The maximum absolute atomic E-state index is 11.0. The number of carbonyl (C=O) groups excluding carboxylic acids is 1. The molecule has 1 heterocycles. The first-order valence-corrected chi connectivity index (χ1v) is 5.62. The fourth-order valence-corrected chi connectivity index (χ4v) is 1.95. The molecule has 1 aromatic heterocycles. The largest absolute Gasteiger partial charge is 0.467 e. The smallest absolute Gasteiger partial charge is 0.335 e. The Kier molecular flexibility index (Phi) is 4.23. The van der Waals surface area contributed by atoms with E-state index in [9.17, 15) is 9.90 Å². The summed E-state index contributed by atoms with van der Waals surface area (Å²) in [5.74, 6) is -0.242. The number of hydrogen-bond donors (Lipinski definition) is 1. The highest BCUT2D eigenvalue weighted by Gasteiger charge is 2.17. The zero-order valence-corrected chi connectivity index (χ0v) is 9.87. The summed E-state index contributed by atoms with van der Waals surface area (Å²) < 4.78 is 4.43. The Morgan fingerprint density at radius 3 is 2.80 bits per heavy atom. The lowest BCUT2D eigenvalue weighted by molar-refractivity contribution is -0.150. The summed E-state index contributed by atoms with van der Waals surface area (Å²) in [6, 6.07) is 0. The number of methoxy groups -OCH3 is 1. The molecule has 0 saturated carbocycles. The first-order valence-electron chi connectivity index (χ1n) is 4.74. The predicted octanol–water partition coefficient (Wildman–Crippen LogP) is 1.34. The number of carbonyl (C=O) groups is 1. The SMILES string of the molecule is COC(=O)C(O)Cc1csc(C(C)C)n1. The van der Waals surface area contributed by atoms with E-state index in [-0.39, 0.29) is 6.42 Å². The van der Waals surface area contributed by atoms with Crippen LogP contribution in [-0.2, 0) is 16.0 Å². The number of ether oxygens (including phenoxy) is 1. The van der Waals surface area contributed by atoms with E-state index in [0.717, 1.165) is 10.7 Å². The summed E-state index contributed by atoms with van der Waals surface area (Å²) in [4.78, 5) is 15.3. The minimum Gasteiger partial charge on any atom is -0.467 e. The van der Waals surface area contributed by atoms with Gasteiger partial charge in [-0.2, -0.15) is 0 Å². The highest BCUT2D eigenvalue weighted by atomic mass is 32.1. The molecule has 0 spiro atoms. The molecule has 5 heteroatoms. The molecule has 1 N–H and O–H groups in total. The number of nitrogens with zero attached hydrogens (tertiary/aromatic N) is 1. The fraction of sp³-hybridized carbons (Fsp3) is 0.600. The third-order valence-electron chi connectivity index (χ3n) is 1.94. The van der Waals surface area contributed by atoms with Gasteiger partial charge in [0, 0.05) is 17.7 Å². The summed E-state index contributed by atoms with van der Waals surface area (Å²) in [6.45, 7) is 4.11. The maximum Gasteiger partial charge on any atom is 0.335 e. The van der Waals surface area contributed by atoms with Gasteiger partial charge in [0.25, 0.3) is 0 Å². The summed E-state index contributed by atoms with van der Waals surface area (Å²) in [5, 5.41) is 12.3. The van der Waals surface area contributed by atoms with E-state index >= 15 is 0 Å². The van der Waals surface area contributed by atoms with Crippen molar-refractivity contribution < 1.29 is 14.6 Å². The van der Waals surface area contributed by atoms with Crippen LogP contribution in [0.4, 0.5) is 0 Å². The Morgan fingerprint density at radius 2 is 2.33 bits per heavy atom. The normalized spacial score (nSPS) is 12.9. The maximum atomic E-state index is 11.0. The lowest BCUT2D eigenvalue weighted by Gasteiger charge is -2.05. The van der Waals surface area contributed by atoms with Crippen molar-refractivity contribution in [1.29, 1.82) is 0 Å². The molecule has 15 heavy (non-hydrogen) atoms. The number of esters is 1. The van der Waals surface area contributed by atoms with Gasteiger partial charge < -0.3 is 9.84 Å². The summed E-state index contributed by atoms with van der Waals surface area (Å²) in [7, 11) is 1.26. The van der Waals surface area contributed by atoms with Crippen molar-refractivity contribution >= 4 is 17.3 Å². The lowest BCUT2D eigenvalue weighted by atomic mass is 10.2. The van der Waals surface area contributed by atoms with Crippen LogP contribution >= 0.6 is 11.3 Å². The van der Waals surface area contributed by atoms with E-state index in [4.69, 9.17) is 0 Å². The molecular weight excluding hydrogens is 214 g/mol. The Morgan fingerprint density at radius 1 is 1.67 bits per heavy atom. The van der Waals surface area contributed by atoms with Gasteiger partial charge in [0.1, 0.15) is 0 Å². The van der Waals surface area contributed by atoms with Gasteiger partial charge in [-0.25, -0.2) is 9.78 Å². The third kappa shape index (κ3) is 3.28. The summed E-state index contributed by atoms with van der Waals surface area (Å²) in [6.07, 6.45) is -0.896. The molecule has 0 aliphatic heterocycles. The second kappa shape index (κ2) is 5.23. The van der Waals surface area contributed by atoms with Crippen molar-refractivity contribution in [3.05, 3.63) is 16.1 Å². The van der Waals surface area contributed by atoms with E-state index in [1.54, 1.807) is 11.3 Å². The molecule has 0 fully saturated rings. The monoisotopic (exact) mass is 229 g/mol. The van der Waals surface area contributed by atoms with Gasteiger partial charge >= 0.3 is 5.97 Å². The van der Waals surface area contributed by atoms with E-state index in [1.807, 2.05) is 5.38 Å². The van der Waals surface area contributed by atoms with Gasteiger partial charge in [-0.1, -0.05) is 13.8 Å². The first-order chi connectivity index (χ1) is 7.04. The number of thiazole rings is 1. The number of aliphatic hydroxyl groups excluding tert-OH is 1. The molecule has 84 valence electrons. The average Bonchev–Trinajstić information content (AvgIpc) is 2.65. The molecule has 4 nitrogen and oxygen atoms in total. The zero-order valence-electron chi connectivity index (χ0n) is 9.06. The molecule has 0 aliphatic carbocycles.